The molecule has 0 heterocycles. The predicted octanol–water partition coefficient (Wildman–Crippen LogP) is 4.21. The molecule has 130 valence electrons. The Morgan fingerprint density at radius 1 is 1.12 bits per heavy atom. The van der Waals surface area contributed by atoms with Gasteiger partial charge in [0.15, 0.2) is 0 Å². The van der Waals surface area contributed by atoms with Crippen LogP contribution in [-0.4, -0.2) is 24.0 Å². The van der Waals surface area contributed by atoms with Crippen molar-refractivity contribution in [2.75, 3.05) is 18.4 Å². The first-order valence-corrected chi connectivity index (χ1v) is 8.39. The Labute approximate surface area is 148 Å². The van der Waals surface area contributed by atoms with Gasteiger partial charge in [0.1, 0.15) is 12.4 Å². The van der Waals surface area contributed by atoms with Gasteiger partial charge in [-0.15, -0.1) is 0 Å². The number of hydrogen-bond donors (Lipinski definition) is 1. The van der Waals surface area contributed by atoms with Crippen LogP contribution in [0.25, 0.3) is 0 Å². The lowest BCUT2D eigenvalue weighted by atomic mass is 10.1. The summed E-state index contributed by atoms with van der Waals surface area (Å²) in [5.41, 5.74) is 2.69. The minimum absolute atomic E-state index is 0.101. The maximum Gasteiger partial charge on any atom is 0.321 e. The lowest BCUT2D eigenvalue weighted by Gasteiger charge is -2.19. The van der Waals surface area contributed by atoms with E-state index < -0.39 is 0 Å². The van der Waals surface area contributed by atoms with Crippen LogP contribution in [0.4, 0.5) is 10.5 Å². The van der Waals surface area contributed by atoms with E-state index in [1.54, 1.807) is 4.90 Å². The highest BCUT2D eigenvalue weighted by atomic mass is 16.5. The third-order valence-corrected chi connectivity index (χ3v) is 3.84. The van der Waals surface area contributed by atoms with Gasteiger partial charge in [-0.2, -0.15) is 5.26 Å². The first kappa shape index (κ1) is 18.3. The summed E-state index contributed by atoms with van der Waals surface area (Å²) in [6, 6.07) is 17.1. The molecule has 0 atom stereocenters. The average Bonchev–Trinajstić information content (AvgIpc) is 2.63. The number of carbonyl (C=O) groups is 1. The zero-order valence-corrected chi connectivity index (χ0v) is 14.7. The second-order valence-corrected chi connectivity index (χ2v) is 5.57. The molecule has 0 saturated heterocycles. The van der Waals surface area contributed by atoms with Crippen LogP contribution >= 0.6 is 0 Å². The number of hydrogen-bond acceptors (Lipinski definition) is 3. The van der Waals surface area contributed by atoms with Crippen LogP contribution in [0.2, 0.25) is 0 Å². The Hall–Kier alpha value is -3.00. The zero-order valence-electron chi connectivity index (χ0n) is 14.7. The number of benzene rings is 2. The summed E-state index contributed by atoms with van der Waals surface area (Å²) in [6.07, 6.45) is 0.397. The van der Waals surface area contributed by atoms with Crippen LogP contribution in [0.3, 0.4) is 0 Å². The summed E-state index contributed by atoms with van der Waals surface area (Å²) in [5, 5.41) is 11.6. The highest BCUT2D eigenvalue weighted by Gasteiger charge is 2.09. The van der Waals surface area contributed by atoms with E-state index in [0.29, 0.717) is 26.1 Å². The Balaban J connectivity index is 1.95. The molecule has 0 aromatic heterocycles. The molecule has 2 amide bonds. The summed E-state index contributed by atoms with van der Waals surface area (Å²) in [4.78, 5) is 13.8. The molecular weight excluding hydrogens is 314 g/mol. The Bertz CT molecular complexity index is 731. The summed E-state index contributed by atoms with van der Waals surface area (Å²) in [7, 11) is 0. The van der Waals surface area contributed by atoms with Gasteiger partial charge in [0.25, 0.3) is 0 Å². The second-order valence-electron chi connectivity index (χ2n) is 5.57. The van der Waals surface area contributed by atoms with Gasteiger partial charge in [0.2, 0.25) is 0 Å². The molecule has 0 spiro atoms. The van der Waals surface area contributed by atoms with E-state index in [-0.39, 0.29) is 6.03 Å². The maximum absolute atomic E-state index is 12.1. The molecule has 5 nitrogen and oxygen atoms in total. The van der Waals surface area contributed by atoms with Crippen LogP contribution in [0.1, 0.15) is 25.0 Å². The monoisotopic (exact) mass is 337 g/mol. The van der Waals surface area contributed by atoms with Gasteiger partial charge in [0, 0.05) is 18.8 Å². The molecule has 2 aromatic rings. The molecule has 0 bridgehead atoms. The van der Waals surface area contributed by atoms with E-state index >= 15 is 0 Å². The molecule has 0 aliphatic heterocycles. The standard InChI is InChI=1S/C20H23N3O2/c1-3-23(4-2)20(24)22-18-7-5-6-17(14-18)15-25-19-10-8-16(9-11-19)12-13-21/h5-11,14H,3-4,12,15H2,1-2H3,(H,22,24). The maximum atomic E-state index is 12.1. The Kier molecular flexibility index (Phi) is 6.85. The number of rotatable bonds is 7. The molecule has 5 heteroatoms. The van der Waals surface area contributed by atoms with Crippen LogP contribution in [0.15, 0.2) is 48.5 Å². The molecule has 2 aromatic carbocycles. The van der Waals surface area contributed by atoms with Crippen LogP contribution in [0.5, 0.6) is 5.75 Å². The fraction of sp³-hybridized carbons (Fsp3) is 0.300. The van der Waals surface area contributed by atoms with Crippen molar-refractivity contribution >= 4 is 11.7 Å². The summed E-state index contributed by atoms with van der Waals surface area (Å²) < 4.78 is 5.77. The van der Waals surface area contributed by atoms with E-state index in [4.69, 9.17) is 10.00 Å². The van der Waals surface area contributed by atoms with Crippen LogP contribution in [0, 0.1) is 11.3 Å². The first-order chi connectivity index (χ1) is 12.2. The Morgan fingerprint density at radius 2 is 1.84 bits per heavy atom. The van der Waals surface area contributed by atoms with Crippen molar-refractivity contribution in [2.45, 2.75) is 26.9 Å². The van der Waals surface area contributed by atoms with Gasteiger partial charge < -0.3 is 15.0 Å². The van der Waals surface area contributed by atoms with Gasteiger partial charge in [-0.25, -0.2) is 4.79 Å². The van der Waals surface area contributed by atoms with Gasteiger partial charge in [-0.1, -0.05) is 24.3 Å². The first-order valence-electron chi connectivity index (χ1n) is 8.39. The molecular formula is C20H23N3O2. The van der Waals surface area contributed by atoms with E-state index in [0.717, 1.165) is 22.6 Å². The summed E-state index contributed by atoms with van der Waals surface area (Å²) in [6.45, 7) is 5.66. The molecule has 1 N–H and O–H groups in total. The van der Waals surface area contributed by atoms with Crippen molar-refractivity contribution in [1.82, 2.24) is 4.90 Å². The van der Waals surface area contributed by atoms with E-state index in [1.165, 1.54) is 0 Å². The third-order valence-electron chi connectivity index (χ3n) is 3.84. The summed E-state index contributed by atoms with van der Waals surface area (Å²) in [5.74, 6) is 0.749. The average molecular weight is 337 g/mol. The minimum Gasteiger partial charge on any atom is -0.489 e. The number of carbonyl (C=O) groups excluding carboxylic acids is 1. The molecule has 2 rings (SSSR count). The van der Waals surface area contributed by atoms with Crippen LogP contribution < -0.4 is 10.1 Å². The van der Waals surface area contributed by atoms with E-state index in [9.17, 15) is 4.79 Å². The second kappa shape index (κ2) is 9.33. The smallest absolute Gasteiger partial charge is 0.321 e. The molecule has 25 heavy (non-hydrogen) atoms. The quantitative estimate of drug-likeness (QED) is 0.823. The number of amides is 2. The molecule has 0 fully saturated rings. The van der Waals surface area contributed by atoms with Crippen molar-refractivity contribution in [3.8, 4) is 11.8 Å². The third kappa shape index (κ3) is 5.54. The fourth-order valence-corrected chi connectivity index (χ4v) is 2.41. The van der Waals surface area contributed by atoms with Crippen molar-refractivity contribution in [3.05, 3.63) is 59.7 Å². The van der Waals surface area contributed by atoms with Gasteiger partial charge in [-0.05, 0) is 49.2 Å². The number of urea groups is 1. The topological polar surface area (TPSA) is 65.4 Å². The summed E-state index contributed by atoms with van der Waals surface area (Å²) >= 11 is 0. The van der Waals surface area contributed by atoms with Crippen molar-refractivity contribution in [2.24, 2.45) is 0 Å². The highest BCUT2D eigenvalue weighted by molar-refractivity contribution is 5.89. The van der Waals surface area contributed by atoms with Gasteiger partial charge >= 0.3 is 6.03 Å². The van der Waals surface area contributed by atoms with Crippen molar-refractivity contribution in [3.63, 3.8) is 0 Å². The predicted molar refractivity (Wildman–Crippen MR) is 98.5 cm³/mol. The Morgan fingerprint density at radius 3 is 2.48 bits per heavy atom. The molecule has 0 radical (unpaired) electrons. The van der Waals surface area contributed by atoms with E-state index in [1.807, 2.05) is 62.4 Å². The molecule has 0 aliphatic rings. The molecule has 0 saturated carbocycles. The number of nitriles is 1. The van der Waals surface area contributed by atoms with Crippen molar-refractivity contribution in [1.29, 1.82) is 5.26 Å². The fourth-order valence-electron chi connectivity index (χ4n) is 2.41. The zero-order chi connectivity index (χ0) is 18.1. The number of ether oxygens (including phenoxy) is 1. The molecule has 0 unspecified atom stereocenters. The lowest BCUT2D eigenvalue weighted by Crippen LogP contribution is -2.34. The van der Waals surface area contributed by atoms with E-state index in [2.05, 4.69) is 11.4 Å². The van der Waals surface area contributed by atoms with Gasteiger partial charge in [-0.3, -0.25) is 0 Å². The SMILES string of the molecule is CCN(CC)C(=O)Nc1cccc(COc2ccc(CC#N)cc2)c1. The number of nitrogens with zero attached hydrogens (tertiary/aromatic N) is 2. The lowest BCUT2D eigenvalue weighted by molar-refractivity contribution is 0.217. The highest BCUT2D eigenvalue weighted by Crippen LogP contribution is 2.17. The normalized spacial score (nSPS) is 9.96. The molecule has 0 aliphatic carbocycles. The van der Waals surface area contributed by atoms with Crippen LogP contribution in [-0.2, 0) is 13.0 Å². The van der Waals surface area contributed by atoms with Gasteiger partial charge in [0.05, 0.1) is 12.5 Å². The minimum atomic E-state index is -0.101. The number of nitrogens with one attached hydrogen (secondary N) is 1. The number of anilines is 1. The largest absolute Gasteiger partial charge is 0.489 e. The van der Waals surface area contributed by atoms with Crippen molar-refractivity contribution < 1.29 is 9.53 Å².